The normalized spacial score (nSPS) is 12.6. The molecular formula is C15H20N2S2. The highest BCUT2D eigenvalue weighted by atomic mass is 32.2. The van der Waals surface area contributed by atoms with Crippen molar-refractivity contribution in [1.82, 2.24) is 4.98 Å². The summed E-state index contributed by atoms with van der Waals surface area (Å²) >= 11 is 3.60. The Morgan fingerprint density at radius 2 is 2.26 bits per heavy atom. The average molecular weight is 292 g/mol. The molecular weight excluding hydrogens is 272 g/mol. The molecule has 4 heteroatoms. The third kappa shape index (κ3) is 4.34. The monoisotopic (exact) mass is 292 g/mol. The van der Waals surface area contributed by atoms with Gasteiger partial charge in [-0.15, -0.1) is 23.1 Å². The second-order valence-corrected chi connectivity index (χ2v) is 6.62. The number of aromatic nitrogens is 1. The Balaban J connectivity index is 1.95. The van der Waals surface area contributed by atoms with Gasteiger partial charge in [-0.1, -0.05) is 19.1 Å². The lowest BCUT2D eigenvalue weighted by atomic mass is 10.1. The molecule has 2 nitrogen and oxygen atoms in total. The largest absolute Gasteiger partial charge is 0.324 e. The van der Waals surface area contributed by atoms with E-state index in [1.54, 1.807) is 11.3 Å². The maximum Gasteiger partial charge on any atom is 0.0928 e. The zero-order valence-electron chi connectivity index (χ0n) is 11.4. The van der Waals surface area contributed by atoms with Crippen LogP contribution < -0.4 is 5.73 Å². The highest BCUT2D eigenvalue weighted by Crippen LogP contribution is 2.26. The van der Waals surface area contributed by atoms with E-state index in [9.17, 15) is 0 Å². The molecule has 0 spiro atoms. The summed E-state index contributed by atoms with van der Waals surface area (Å²) < 4.78 is 0. The van der Waals surface area contributed by atoms with Crippen molar-refractivity contribution in [2.75, 3.05) is 0 Å². The maximum atomic E-state index is 5.91. The van der Waals surface area contributed by atoms with Gasteiger partial charge in [0.05, 0.1) is 10.7 Å². The van der Waals surface area contributed by atoms with Gasteiger partial charge in [-0.05, 0) is 37.5 Å². The summed E-state index contributed by atoms with van der Waals surface area (Å²) in [7, 11) is 0. The van der Waals surface area contributed by atoms with Gasteiger partial charge in [0.1, 0.15) is 0 Å². The lowest BCUT2D eigenvalue weighted by Gasteiger charge is -2.07. The minimum atomic E-state index is 0.0935. The molecule has 0 saturated heterocycles. The van der Waals surface area contributed by atoms with Crippen molar-refractivity contribution < 1.29 is 0 Å². The van der Waals surface area contributed by atoms with Gasteiger partial charge >= 0.3 is 0 Å². The van der Waals surface area contributed by atoms with E-state index < -0.39 is 0 Å². The van der Waals surface area contributed by atoms with Gasteiger partial charge in [-0.3, -0.25) is 0 Å². The van der Waals surface area contributed by atoms with Crippen LogP contribution in [0.2, 0.25) is 0 Å². The Morgan fingerprint density at radius 1 is 1.42 bits per heavy atom. The highest BCUT2D eigenvalue weighted by molar-refractivity contribution is 7.98. The fraction of sp³-hybridized carbons (Fsp3) is 0.400. The molecule has 2 rings (SSSR count). The molecule has 2 aromatic rings. The van der Waals surface area contributed by atoms with E-state index in [0.717, 1.165) is 18.6 Å². The Hall–Kier alpha value is -0.840. The van der Waals surface area contributed by atoms with E-state index >= 15 is 0 Å². The van der Waals surface area contributed by atoms with Crippen LogP contribution in [0.15, 0.2) is 34.5 Å². The van der Waals surface area contributed by atoms with Crippen molar-refractivity contribution in [2.45, 2.75) is 43.4 Å². The lowest BCUT2D eigenvalue weighted by Crippen LogP contribution is -2.04. The quantitative estimate of drug-likeness (QED) is 0.802. The van der Waals surface area contributed by atoms with Crippen molar-refractivity contribution in [2.24, 2.45) is 5.73 Å². The number of aryl methyl sites for hydroxylation is 1. The number of nitrogens with two attached hydrogens (primary N) is 1. The van der Waals surface area contributed by atoms with Gasteiger partial charge in [0, 0.05) is 22.1 Å². The molecule has 2 N–H and O–H groups in total. The summed E-state index contributed by atoms with van der Waals surface area (Å²) in [5, 5.41) is 3.43. The molecule has 0 bridgehead atoms. The third-order valence-corrected chi connectivity index (χ3v) is 4.82. The first kappa shape index (κ1) is 14.6. The molecule has 1 unspecified atom stereocenters. The maximum absolute atomic E-state index is 5.91. The van der Waals surface area contributed by atoms with E-state index in [1.165, 1.54) is 21.2 Å². The van der Waals surface area contributed by atoms with E-state index in [0.29, 0.717) is 0 Å². The first-order chi connectivity index (χ1) is 9.19. The van der Waals surface area contributed by atoms with E-state index in [1.807, 2.05) is 18.7 Å². The molecule has 0 aliphatic rings. The Morgan fingerprint density at radius 3 is 3.00 bits per heavy atom. The number of benzene rings is 1. The topological polar surface area (TPSA) is 38.9 Å². The van der Waals surface area contributed by atoms with Crippen LogP contribution in [0.4, 0.5) is 0 Å². The van der Waals surface area contributed by atoms with Crippen molar-refractivity contribution in [3.63, 3.8) is 0 Å². The van der Waals surface area contributed by atoms with E-state index in [4.69, 9.17) is 5.73 Å². The van der Waals surface area contributed by atoms with Crippen LogP contribution >= 0.6 is 23.1 Å². The molecule has 0 amide bonds. The molecule has 1 aromatic carbocycles. The van der Waals surface area contributed by atoms with Crippen molar-refractivity contribution in [3.8, 4) is 0 Å². The van der Waals surface area contributed by atoms with Gasteiger partial charge < -0.3 is 5.73 Å². The SMILES string of the molecule is CCCc1nc(CSc2cccc(C(C)N)c2)cs1. The van der Waals surface area contributed by atoms with Crippen LogP contribution in [-0.2, 0) is 12.2 Å². The first-order valence-electron chi connectivity index (χ1n) is 6.60. The summed E-state index contributed by atoms with van der Waals surface area (Å²) in [5.74, 6) is 0.933. The predicted octanol–water partition coefficient (Wildman–Crippen LogP) is 4.41. The molecule has 19 heavy (non-hydrogen) atoms. The van der Waals surface area contributed by atoms with Crippen molar-refractivity contribution >= 4 is 23.1 Å². The molecule has 102 valence electrons. The molecule has 1 atom stereocenters. The smallest absolute Gasteiger partial charge is 0.0928 e. The minimum absolute atomic E-state index is 0.0935. The van der Waals surface area contributed by atoms with E-state index in [-0.39, 0.29) is 6.04 Å². The second kappa shape index (κ2) is 7.08. The Kier molecular flexibility index (Phi) is 5.43. The zero-order valence-corrected chi connectivity index (χ0v) is 13.1. The molecule has 0 aliphatic carbocycles. The minimum Gasteiger partial charge on any atom is -0.324 e. The summed E-state index contributed by atoms with van der Waals surface area (Å²) in [5.41, 5.74) is 8.28. The van der Waals surface area contributed by atoms with Crippen molar-refractivity contribution in [3.05, 3.63) is 45.9 Å². The zero-order chi connectivity index (χ0) is 13.7. The molecule has 0 radical (unpaired) electrons. The third-order valence-electron chi connectivity index (χ3n) is 2.83. The van der Waals surface area contributed by atoms with Crippen LogP contribution in [0, 0.1) is 0 Å². The fourth-order valence-corrected chi connectivity index (χ4v) is 3.65. The number of hydrogen-bond acceptors (Lipinski definition) is 4. The number of thiazole rings is 1. The highest BCUT2D eigenvalue weighted by Gasteiger charge is 2.04. The second-order valence-electron chi connectivity index (χ2n) is 4.63. The first-order valence-corrected chi connectivity index (χ1v) is 8.47. The summed E-state index contributed by atoms with van der Waals surface area (Å²) in [6.07, 6.45) is 2.26. The fourth-order valence-electron chi connectivity index (χ4n) is 1.79. The summed E-state index contributed by atoms with van der Waals surface area (Å²) in [6, 6.07) is 8.56. The van der Waals surface area contributed by atoms with Crippen LogP contribution in [0.1, 0.15) is 42.6 Å². The molecule has 1 aromatic heterocycles. The van der Waals surface area contributed by atoms with Crippen LogP contribution in [0.3, 0.4) is 0 Å². The number of thioether (sulfide) groups is 1. The van der Waals surface area contributed by atoms with Gasteiger partial charge in [0.25, 0.3) is 0 Å². The van der Waals surface area contributed by atoms with Crippen LogP contribution in [0.25, 0.3) is 0 Å². The molecule has 1 heterocycles. The van der Waals surface area contributed by atoms with Crippen LogP contribution in [0.5, 0.6) is 0 Å². The van der Waals surface area contributed by atoms with Gasteiger partial charge in [-0.2, -0.15) is 0 Å². The van der Waals surface area contributed by atoms with Crippen LogP contribution in [-0.4, -0.2) is 4.98 Å². The van der Waals surface area contributed by atoms with Gasteiger partial charge in [-0.25, -0.2) is 4.98 Å². The molecule has 0 aliphatic heterocycles. The number of rotatable bonds is 6. The average Bonchev–Trinajstić information content (AvgIpc) is 2.85. The Bertz CT molecular complexity index is 520. The summed E-state index contributed by atoms with van der Waals surface area (Å²) in [6.45, 7) is 4.20. The lowest BCUT2D eigenvalue weighted by molar-refractivity contribution is 0.815. The summed E-state index contributed by atoms with van der Waals surface area (Å²) in [4.78, 5) is 5.91. The Labute approximate surface area is 123 Å². The van der Waals surface area contributed by atoms with Gasteiger partial charge in [0.2, 0.25) is 0 Å². The standard InChI is InChI=1S/C15H20N2S2/c1-3-5-15-17-13(10-19-15)9-18-14-7-4-6-12(8-14)11(2)16/h4,6-8,10-11H,3,5,9,16H2,1-2H3. The number of nitrogens with zero attached hydrogens (tertiary/aromatic N) is 1. The van der Waals surface area contributed by atoms with E-state index in [2.05, 4.69) is 41.6 Å². The van der Waals surface area contributed by atoms with Gasteiger partial charge in [0.15, 0.2) is 0 Å². The molecule has 0 fully saturated rings. The van der Waals surface area contributed by atoms with Crippen molar-refractivity contribution in [1.29, 1.82) is 0 Å². The number of hydrogen-bond donors (Lipinski definition) is 1. The molecule has 0 saturated carbocycles. The predicted molar refractivity (Wildman–Crippen MR) is 84.7 cm³/mol.